The first-order valence-electron chi connectivity index (χ1n) is 13.8. The highest BCUT2D eigenvalue weighted by Crippen LogP contribution is 2.43. The van der Waals surface area contributed by atoms with Gasteiger partial charge in [-0.05, 0) is 106 Å². The first-order valence-corrected chi connectivity index (χ1v) is 13.8. The van der Waals surface area contributed by atoms with E-state index in [0.717, 1.165) is 5.57 Å². The lowest BCUT2D eigenvalue weighted by Crippen LogP contribution is -2.61. The quantitative estimate of drug-likeness (QED) is 0.182. The molecule has 0 bridgehead atoms. The smallest absolute Gasteiger partial charge is 0.252 e. The van der Waals surface area contributed by atoms with E-state index in [-0.39, 0.29) is 6.71 Å². The van der Waals surface area contributed by atoms with Gasteiger partial charge in [0.2, 0.25) is 0 Å². The van der Waals surface area contributed by atoms with Gasteiger partial charge in [-0.25, -0.2) is 0 Å². The van der Waals surface area contributed by atoms with Crippen molar-refractivity contribution in [1.29, 1.82) is 0 Å². The SMILES string of the molecule is C=C/C(C)=C\C=C(/C)N1c2ccc(C)cc2B2c3cc(C)ccc3N(c3ccc(C)cc3)c3cc(C)cc1c32. The highest BCUT2D eigenvalue weighted by molar-refractivity contribution is 7.00. The van der Waals surface area contributed by atoms with E-state index in [1.165, 1.54) is 72.8 Å². The van der Waals surface area contributed by atoms with Gasteiger partial charge in [0.15, 0.2) is 0 Å². The fraction of sp³-hybridized carbons (Fsp3) is 0.167. The van der Waals surface area contributed by atoms with Crippen molar-refractivity contribution in [2.24, 2.45) is 0 Å². The first-order chi connectivity index (χ1) is 18.8. The van der Waals surface area contributed by atoms with Gasteiger partial charge >= 0.3 is 0 Å². The van der Waals surface area contributed by atoms with Gasteiger partial charge in [0.1, 0.15) is 0 Å². The van der Waals surface area contributed by atoms with Gasteiger partial charge in [0, 0.05) is 34.1 Å². The van der Waals surface area contributed by atoms with Gasteiger partial charge in [-0.2, -0.15) is 0 Å². The van der Waals surface area contributed by atoms with Crippen LogP contribution in [0.3, 0.4) is 0 Å². The summed E-state index contributed by atoms with van der Waals surface area (Å²) in [5.74, 6) is 0. The van der Waals surface area contributed by atoms with Crippen LogP contribution >= 0.6 is 0 Å². The Balaban J connectivity index is 1.71. The zero-order valence-electron chi connectivity index (χ0n) is 23.8. The number of hydrogen-bond donors (Lipinski definition) is 0. The molecule has 4 aromatic carbocycles. The summed E-state index contributed by atoms with van der Waals surface area (Å²) in [7, 11) is 0. The zero-order chi connectivity index (χ0) is 27.4. The Bertz CT molecular complexity index is 1690. The van der Waals surface area contributed by atoms with Gasteiger partial charge in [0.05, 0.1) is 0 Å². The second kappa shape index (κ2) is 9.50. The number of fused-ring (bicyclic) bond motifs is 4. The highest BCUT2D eigenvalue weighted by atomic mass is 15.2. The van der Waals surface area contributed by atoms with Crippen LogP contribution in [0.2, 0.25) is 0 Å². The van der Waals surface area contributed by atoms with Crippen LogP contribution in [0.25, 0.3) is 0 Å². The van der Waals surface area contributed by atoms with Crippen LogP contribution in [0.15, 0.2) is 109 Å². The summed E-state index contributed by atoms with van der Waals surface area (Å²) < 4.78 is 0. The van der Waals surface area contributed by atoms with Crippen LogP contribution in [0.5, 0.6) is 0 Å². The average molecular weight is 507 g/mol. The van der Waals surface area contributed by atoms with Crippen molar-refractivity contribution in [3.05, 3.63) is 131 Å². The Morgan fingerprint density at radius 1 is 0.641 bits per heavy atom. The van der Waals surface area contributed by atoms with E-state index in [0.29, 0.717) is 0 Å². The van der Waals surface area contributed by atoms with Crippen LogP contribution in [0.1, 0.15) is 36.1 Å². The van der Waals surface area contributed by atoms with Crippen LogP contribution in [0, 0.1) is 27.7 Å². The maximum atomic E-state index is 3.94. The third-order valence-electron chi connectivity index (χ3n) is 8.08. The number of nitrogens with zero attached hydrogens (tertiary/aromatic N) is 2. The second-order valence-electron chi connectivity index (χ2n) is 11.2. The minimum atomic E-state index is 0.164. The Morgan fingerprint density at radius 2 is 1.23 bits per heavy atom. The topological polar surface area (TPSA) is 6.48 Å². The van der Waals surface area contributed by atoms with Crippen molar-refractivity contribution in [1.82, 2.24) is 0 Å². The van der Waals surface area contributed by atoms with E-state index in [1.807, 2.05) is 6.08 Å². The largest absolute Gasteiger partial charge is 0.315 e. The molecule has 0 spiro atoms. The first kappa shape index (κ1) is 25.1. The summed E-state index contributed by atoms with van der Waals surface area (Å²) in [6.07, 6.45) is 6.27. The fourth-order valence-corrected chi connectivity index (χ4v) is 6.13. The van der Waals surface area contributed by atoms with E-state index in [1.54, 1.807) is 0 Å². The third kappa shape index (κ3) is 4.14. The summed E-state index contributed by atoms with van der Waals surface area (Å²) in [6, 6.07) is 27.6. The Kier molecular flexibility index (Phi) is 6.11. The number of hydrogen-bond acceptors (Lipinski definition) is 2. The monoisotopic (exact) mass is 506 g/mol. The molecule has 0 saturated carbocycles. The average Bonchev–Trinajstić information content (AvgIpc) is 2.92. The maximum Gasteiger partial charge on any atom is 0.252 e. The lowest BCUT2D eigenvalue weighted by molar-refractivity contribution is 1.15. The molecule has 3 heteroatoms. The summed E-state index contributed by atoms with van der Waals surface area (Å²) in [6.45, 7) is 17.2. The Hall–Kier alpha value is -4.24. The molecule has 6 rings (SSSR count). The predicted molar refractivity (Wildman–Crippen MR) is 171 cm³/mol. The molecule has 0 aliphatic carbocycles. The van der Waals surface area contributed by atoms with Crippen molar-refractivity contribution >= 4 is 51.5 Å². The predicted octanol–water partition coefficient (Wildman–Crippen LogP) is 7.71. The maximum absolute atomic E-state index is 3.94. The third-order valence-corrected chi connectivity index (χ3v) is 8.08. The Labute approximate surface area is 233 Å². The second-order valence-corrected chi connectivity index (χ2v) is 11.2. The van der Waals surface area contributed by atoms with Gasteiger partial charge in [-0.1, -0.05) is 77.4 Å². The van der Waals surface area contributed by atoms with Crippen LogP contribution < -0.4 is 26.2 Å². The van der Waals surface area contributed by atoms with Gasteiger partial charge in [0.25, 0.3) is 6.71 Å². The standard InChI is InChI=1S/C36H35BN2/c1-8-23(2)9-14-28(7)38-32-17-12-25(4)19-30(32)37-31-20-26(5)13-18-33(31)39(29-15-10-24(3)11-16-29)35-22-27(6)21-34(38)36(35)37/h8-22H,1H2,2-7H3/b23-9-,28-14+. The molecule has 0 aromatic heterocycles. The molecular weight excluding hydrogens is 471 g/mol. The van der Waals surface area contributed by atoms with Crippen molar-refractivity contribution < 1.29 is 0 Å². The van der Waals surface area contributed by atoms with E-state index < -0.39 is 0 Å². The Morgan fingerprint density at radius 3 is 1.90 bits per heavy atom. The highest BCUT2D eigenvalue weighted by Gasteiger charge is 2.43. The molecule has 2 heterocycles. The van der Waals surface area contributed by atoms with Gasteiger partial charge in [-0.15, -0.1) is 0 Å². The molecule has 2 aliphatic heterocycles. The molecule has 0 unspecified atom stereocenters. The molecule has 0 fully saturated rings. The van der Waals surface area contributed by atoms with Gasteiger partial charge < -0.3 is 9.80 Å². The zero-order valence-corrected chi connectivity index (χ0v) is 23.8. The molecule has 0 N–H and O–H groups in total. The lowest BCUT2D eigenvalue weighted by Gasteiger charge is -2.44. The van der Waals surface area contributed by atoms with Crippen molar-refractivity contribution in [2.75, 3.05) is 9.80 Å². The van der Waals surface area contributed by atoms with E-state index in [9.17, 15) is 0 Å². The molecule has 0 saturated heterocycles. The van der Waals surface area contributed by atoms with Crippen molar-refractivity contribution in [3.63, 3.8) is 0 Å². The molecule has 2 aliphatic rings. The van der Waals surface area contributed by atoms with E-state index in [4.69, 9.17) is 0 Å². The minimum absolute atomic E-state index is 0.164. The van der Waals surface area contributed by atoms with Gasteiger partial charge in [-0.3, -0.25) is 0 Å². The molecule has 39 heavy (non-hydrogen) atoms. The summed E-state index contributed by atoms with van der Waals surface area (Å²) in [4.78, 5) is 4.93. The number of rotatable bonds is 4. The van der Waals surface area contributed by atoms with E-state index in [2.05, 4.69) is 143 Å². The fourth-order valence-electron chi connectivity index (χ4n) is 6.13. The van der Waals surface area contributed by atoms with Crippen LogP contribution in [-0.2, 0) is 0 Å². The van der Waals surface area contributed by atoms with Crippen LogP contribution in [-0.4, -0.2) is 6.71 Å². The van der Waals surface area contributed by atoms with E-state index >= 15 is 0 Å². The number of aryl methyl sites for hydroxylation is 4. The molecule has 0 amide bonds. The summed E-state index contributed by atoms with van der Waals surface area (Å²) in [5, 5.41) is 0. The van der Waals surface area contributed by atoms with Crippen molar-refractivity contribution in [2.45, 2.75) is 41.5 Å². The summed E-state index contributed by atoms with van der Waals surface area (Å²) >= 11 is 0. The summed E-state index contributed by atoms with van der Waals surface area (Å²) in [5.41, 5.74) is 17.7. The van der Waals surface area contributed by atoms with Crippen molar-refractivity contribution in [3.8, 4) is 0 Å². The molecule has 192 valence electrons. The molecule has 0 atom stereocenters. The lowest BCUT2D eigenvalue weighted by atomic mass is 9.33. The molecule has 2 nitrogen and oxygen atoms in total. The molecular formula is C36H35BN2. The number of benzene rings is 4. The molecule has 4 aromatic rings. The minimum Gasteiger partial charge on any atom is -0.315 e. The van der Waals surface area contributed by atoms with Crippen LogP contribution in [0.4, 0.5) is 28.4 Å². The molecule has 0 radical (unpaired) electrons. The normalized spacial score (nSPS) is 14.2. The number of anilines is 5. The number of allylic oxidation sites excluding steroid dienone is 5.